The van der Waals surface area contributed by atoms with Gasteiger partial charge in [-0.25, -0.2) is 9.97 Å². The number of aliphatic hydroxyl groups excluding tert-OH is 1. The molecule has 0 spiro atoms. The molecule has 0 aliphatic carbocycles. The standard InChI is InChI=1S/C15H16N4O2/c1-4-15(5-2)11(20)9(3)21-14(15)19-7-6-10-12(16)17-8-18-13(10)19/h1,5-9,11,14,20H,2H2,3H3,(H2,16,17,18). The maximum Gasteiger partial charge on any atom is 0.158 e. The second kappa shape index (κ2) is 4.58. The van der Waals surface area contributed by atoms with Gasteiger partial charge in [0, 0.05) is 6.20 Å². The highest BCUT2D eigenvalue weighted by molar-refractivity contribution is 5.86. The maximum atomic E-state index is 10.4. The summed E-state index contributed by atoms with van der Waals surface area (Å²) in [6.07, 6.45) is 8.53. The Bertz CT molecular complexity index is 748. The van der Waals surface area contributed by atoms with Crippen molar-refractivity contribution in [3.8, 4) is 12.3 Å². The third kappa shape index (κ3) is 1.68. The van der Waals surface area contributed by atoms with Gasteiger partial charge in [0.15, 0.2) is 6.23 Å². The zero-order valence-corrected chi connectivity index (χ0v) is 11.6. The van der Waals surface area contributed by atoms with E-state index in [1.807, 2.05) is 0 Å². The lowest BCUT2D eigenvalue weighted by Gasteiger charge is -2.29. The lowest BCUT2D eigenvalue weighted by atomic mass is 9.81. The summed E-state index contributed by atoms with van der Waals surface area (Å²) < 4.78 is 7.63. The number of anilines is 1. The molecule has 0 saturated carbocycles. The maximum absolute atomic E-state index is 10.4. The molecule has 1 saturated heterocycles. The van der Waals surface area contributed by atoms with Crippen LogP contribution in [0, 0.1) is 17.8 Å². The van der Waals surface area contributed by atoms with Crippen LogP contribution in [0.15, 0.2) is 31.2 Å². The van der Waals surface area contributed by atoms with Crippen molar-refractivity contribution >= 4 is 16.9 Å². The summed E-state index contributed by atoms with van der Waals surface area (Å²) in [5.41, 5.74) is 5.42. The molecule has 3 N–H and O–H groups in total. The van der Waals surface area contributed by atoms with Crippen molar-refractivity contribution in [3.05, 3.63) is 31.2 Å². The molecule has 3 heterocycles. The van der Waals surface area contributed by atoms with Gasteiger partial charge in [-0.1, -0.05) is 12.0 Å². The van der Waals surface area contributed by atoms with Crippen LogP contribution in [0.4, 0.5) is 5.82 Å². The van der Waals surface area contributed by atoms with Crippen LogP contribution in [0.25, 0.3) is 11.0 Å². The van der Waals surface area contributed by atoms with Crippen molar-refractivity contribution in [2.24, 2.45) is 5.41 Å². The molecular formula is C15H16N4O2. The molecule has 0 bridgehead atoms. The van der Waals surface area contributed by atoms with Gasteiger partial charge >= 0.3 is 0 Å². The Morgan fingerprint density at radius 3 is 3.05 bits per heavy atom. The van der Waals surface area contributed by atoms with Crippen molar-refractivity contribution in [3.63, 3.8) is 0 Å². The predicted molar refractivity (Wildman–Crippen MR) is 79.0 cm³/mol. The largest absolute Gasteiger partial charge is 0.388 e. The van der Waals surface area contributed by atoms with E-state index >= 15 is 0 Å². The van der Waals surface area contributed by atoms with Crippen molar-refractivity contribution in [2.75, 3.05) is 5.73 Å². The number of nitrogen functional groups attached to an aromatic ring is 1. The minimum atomic E-state index is -1.02. The summed E-state index contributed by atoms with van der Waals surface area (Å²) in [4.78, 5) is 8.19. The lowest BCUT2D eigenvalue weighted by Crippen LogP contribution is -2.36. The number of hydrogen-bond donors (Lipinski definition) is 2. The van der Waals surface area contributed by atoms with Crippen molar-refractivity contribution in [2.45, 2.75) is 25.4 Å². The SMILES string of the molecule is C#CC1(C=C)C(O)C(C)OC1n1ccc2c(N)ncnc21. The number of hydrogen-bond acceptors (Lipinski definition) is 5. The molecule has 4 unspecified atom stereocenters. The molecule has 0 radical (unpaired) electrons. The van der Waals surface area contributed by atoms with Gasteiger partial charge in [-0.05, 0) is 13.0 Å². The predicted octanol–water partition coefficient (Wildman–Crippen LogP) is 1.10. The second-order valence-corrected chi connectivity index (χ2v) is 5.14. The molecule has 1 aliphatic heterocycles. The first kappa shape index (κ1) is 13.6. The summed E-state index contributed by atoms with van der Waals surface area (Å²) in [6, 6.07) is 1.80. The van der Waals surface area contributed by atoms with Gasteiger partial charge in [0.25, 0.3) is 0 Å². The summed E-state index contributed by atoms with van der Waals surface area (Å²) in [6.45, 7) is 5.55. The van der Waals surface area contributed by atoms with Gasteiger partial charge in [0.05, 0.1) is 11.5 Å². The van der Waals surface area contributed by atoms with Gasteiger partial charge in [-0.2, -0.15) is 0 Å². The second-order valence-electron chi connectivity index (χ2n) is 5.14. The van der Waals surface area contributed by atoms with Gasteiger partial charge in [0.2, 0.25) is 0 Å². The molecule has 3 rings (SSSR count). The van der Waals surface area contributed by atoms with E-state index in [4.69, 9.17) is 16.9 Å². The normalized spacial score (nSPS) is 32.1. The fourth-order valence-electron chi connectivity index (χ4n) is 2.84. The van der Waals surface area contributed by atoms with Gasteiger partial charge in [-0.15, -0.1) is 13.0 Å². The van der Waals surface area contributed by atoms with Crippen LogP contribution in [0.3, 0.4) is 0 Å². The smallest absolute Gasteiger partial charge is 0.158 e. The molecule has 2 aromatic heterocycles. The molecule has 4 atom stereocenters. The Hall–Kier alpha value is -2.36. The van der Waals surface area contributed by atoms with Crippen LogP contribution in [0.2, 0.25) is 0 Å². The van der Waals surface area contributed by atoms with E-state index in [1.54, 1.807) is 29.8 Å². The highest BCUT2D eigenvalue weighted by Gasteiger charge is 2.53. The third-order valence-electron chi connectivity index (χ3n) is 4.07. The van der Waals surface area contributed by atoms with Gasteiger partial charge in [-0.3, -0.25) is 0 Å². The Balaban J connectivity index is 2.20. The van der Waals surface area contributed by atoms with Crippen molar-refractivity contribution in [1.29, 1.82) is 0 Å². The van der Waals surface area contributed by atoms with Crippen molar-refractivity contribution < 1.29 is 9.84 Å². The topological polar surface area (TPSA) is 86.2 Å². The molecule has 21 heavy (non-hydrogen) atoms. The first-order chi connectivity index (χ1) is 10.0. The molecule has 6 heteroatoms. The molecule has 6 nitrogen and oxygen atoms in total. The van der Waals surface area contributed by atoms with E-state index in [0.717, 1.165) is 0 Å². The summed E-state index contributed by atoms with van der Waals surface area (Å²) in [5, 5.41) is 11.1. The highest BCUT2D eigenvalue weighted by Crippen LogP contribution is 2.47. The molecule has 1 aliphatic rings. The molecule has 0 aromatic carbocycles. The van der Waals surface area contributed by atoms with Crippen LogP contribution < -0.4 is 5.73 Å². The minimum absolute atomic E-state index is 0.384. The molecule has 2 aromatic rings. The molecule has 108 valence electrons. The minimum Gasteiger partial charge on any atom is -0.388 e. The van der Waals surface area contributed by atoms with E-state index in [2.05, 4.69) is 22.5 Å². The van der Waals surface area contributed by atoms with E-state index in [1.165, 1.54) is 6.33 Å². The Labute approximate surface area is 122 Å². The lowest BCUT2D eigenvalue weighted by molar-refractivity contribution is -0.0125. The van der Waals surface area contributed by atoms with Crippen LogP contribution in [0.1, 0.15) is 13.2 Å². The van der Waals surface area contributed by atoms with Crippen molar-refractivity contribution in [1.82, 2.24) is 14.5 Å². The summed E-state index contributed by atoms with van der Waals surface area (Å²) >= 11 is 0. The number of rotatable bonds is 2. The highest BCUT2D eigenvalue weighted by atomic mass is 16.5. The summed E-state index contributed by atoms with van der Waals surface area (Å²) in [7, 11) is 0. The van der Waals surface area contributed by atoms with E-state index in [0.29, 0.717) is 16.9 Å². The molecule has 0 amide bonds. The van der Waals surface area contributed by atoms with Gasteiger partial charge < -0.3 is 20.1 Å². The fraction of sp³-hybridized carbons (Fsp3) is 0.333. The number of nitrogens with two attached hydrogens (primary N) is 1. The zero-order chi connectivity index (χ0) is 15.2. The quantitative estimate of drug-likeness (QED) is 0.637. The van der Waals surface area contributed by atoms with Crippen LogP contribution in [0.5, 0.6) is 0 Å². The number of fused-ring (bicyclic) bond motifs is 1. The Morgan fingerprint density at radius 1 is 1.62 bits per heavy atom. The number of aromatic nitrogens is 3. The first-order valence-corrected chi connectivity index (χ1v) is 6.57. The number of ether oxygens (including phenoxy) is 1. The fourth-order valence-corrected chi connectivity index (χ4v) is 2.84. The molecular weight excluding hydrogens is 268 g/mol. The summed E-state index contributed by atoms with van der Waals surface area (Å²) in [5.74, 6) is 3.02. The number of aliphatic hydroxyl groups is 1. The van der Waals surface area contributed by atoms with Crippen LogP contribution in [-0.2, 0) is 4.74 Å². The third-order valence-corrected chi connectivity index (χ3v) is 4.07. The average molecular weight is 284 g/mol. The van der Waals surface area contributed by atoms with E-state index in [-0.39, 0.29) is 0 Å². The van der Waals surface area contributed by atoms with Crippen LogP contribution in [-0.4, -0.2) is 31.8 Å². The first-order valence-electron chi connectivity index (χ1n) is 6.57. The van der Waals surface area contributed by atoms with Crippen LogP contribution >= 0.6 is 0 Å². The zero-order valence-electron chi connectivity index (χ0n) is 11.6. The number of terminal acetylenes is 1. The van der Waals surface area contributed by atoms with E-state index in [9.17, 15) is 5.11 Å². The van der Waals surface area contributed by atoms with E-state index < -0.39 is 23.9 Å². The Kier molecular flexibility index (Phi) is 2.97. The van der Waals surface area contributed by atoms with Gasteiger partial charge in [0.1, 0.15) is 29.3 Å². The average Bonchev–Trinajstić information content (AvgIpc) is 3.01. The molecule has 1 fully saturated rings. The number of nitrogens with zero attached hydrogens (tertiary/aromatic N) is 3. The Morgan fingerprint density at radius 2 is 2.38 bits per heavy atom. The monoisotopic (exact) mass is 284 g/mol.